The molecule has 1 aromatic heterocycles. The number of ether oxygens (including phenoxy) is 1. The number of nitrogens with one attached hydrogen (secondary N) is 1. The average molecular weight is 340 g/mol. The molecule has 0 bridgehead atoms. The second kappa shape index (κ2) is 8.51. The van der Waals surface area contributed by atoms with Crippen LogP contribution in [0.4, 0.5) is 0 Å². The number of thioether (sulfide) groups is 1. The molecule has 116 valence electrons. The fourth-order valence-electron chi connectivity index (χ4n) is 1.51. The molecular formula is C15H14ClNO4S. The third-order valence-electron chi connectivity index (χ3n) is 2.57. The van der Waals surface area contributed by atoms with E-state index in [0.29, 0.717) is 10.8 Å². The van der Waals surface area contributed by atoms with Crippen molar-refractivity contribution in [2.24, 2.45) is 0 Å². The molecule has 0 aliphatic rings. The molecule has 1 amide bonds. The van der Waals surface area contributed by atoms with E-state index < -0.39 is 5.97 Å². The highest BCUT2D eigenvalue weighted by Gasteiger charge is 2.08. The number of furan rings is 1. The molecule has 0 radical (unpaired) electrons. The highest BCUT2D eigenvalue weighted by atomic mass is 35.5. The Balaban J connectivity index is 1.62. The van der Waals surface area contributed by atoms with Crippen LogP contribution in [0.3, 0.4) is 0 Å². The van der Waals surface area contributed by atoms with Crippen LogP contribution in [-0.2, 0) is 20.9 Å². The summed E-state index contributed by atoms with van der Waals surface area (Å²) >= 11 is 7.09. The van der Waals surface area contributed by atoms with E-state index in [4.69, 9.17) is 20.8 Å². The maximum atomic E-state index is 11.6. The molecule has 0 fully saturated rings. The van der Waals surface area contributed by atoms with Gasteiger partial charge in [0.05, 0.1) is 18.6 Å². The van der Waals surface area contributed by atoms with Gasteiger partial charge in [-0.05, 0) is 36.4 Å². The Morgan fingerprint density at radius 3 is 2.68 bits per heavy atom. The van der Waals surface area contributed by atoms with E-state index in [-0.39, 0.29) is 24.8 Å². The summed E-state index contributed by atoms with van der Waals surface area (Å²) in [7, 11) is 0. The second-order valence-electron chi connectivity index (χ2n) is 4.26. The Bertz CT molecular complexity index is 613. The summed E-state index contributed by atoms with van der Waals surface area (Å²) in [6.07, 6.45) is 1.52. The number of amides is 1. The van der Waals surface area contributed by atoms with E-state index in [1.54, 1.807) is 24.3 Å². The van der Waals surface area contributed by atoms with E-state index in [2.05, 4.69) is 5.32 Å². The van der Waals surface area contributed by atoms with Crippen molar-refractivity contribution in [3.05, 3.63) is 53.4 Å². The molecule has 7 heteroatoms. The number of carbonyl (C=O) groups excluding carboxylic acids is 2. The zero-order valence-electron chi connectivity index (χ0n) is 11.6. The number of carbonyl (C=O) groups is 2. The number of halogens is 1. The minimum atomic E-state index is -0.451. The second-order valence-corrected chi connectivity index (χ2v) is 5.74. The minimum absolute atomic E-state index is 0.132. The first-order valence-corrected chi connectivity index (χ1v) is 7.83. The molecular weight excluding hydrogens is 326 g/mol. The fraction of sp³-hybridized carbons (Fsp3) is 0.200. The van der Waals surface area contributed by atoms with Gasteiger partial charge in [0.25, 0.3) is 5.91 Å². The molecule has 1 heterocycles. The van der Waals surface area contributed by atoms with Gasteiger partial charge in [0.15, 0.2) is 6.61 Å². The van der Waals surface area contributed by atoms with E-state index >= 15 is 0 Å². The average Bonchev–Trinajstić information content (AvgIpc) is 3.04. The standard InChI is InChI=1S/C15H14ClNO4S/c16-11-3-5-13(6-4-11)22-10-15(19)21-9-14(18)17-8-12-2-1-7-20-12/h1-7H,8-10H2,(H,17,18). The molecule has 0 spiro atoms. The van der Waals surface area contributed by atoms with Gasteiger partial charge in [-0.2, -0.15) is 0 Å². The van der Waals surface area contributed by atoms with Gasteiger partial charge >= 0.3 is 5.97 Å². The fourth-order valence-corrected chi connectivity index (χ4v) is 2.33. The lowest BCUT2D eigenvalue weighted by molar-refractivity contribution is -0.146. The van der Waals surface area contributed by atoms with Crippen LogP contribution >= 0.6 is 23.4 Å². The molecule has 0 saturated carbocycles. The molecule has 22 heavy (non-hydrogen) atoms. The maximum Gasteiger partial charge on any atom is 0.316 e. The third kappa shape index (κ3) is 5.83. The number of benzene rings is 1. The summed E-state index contributed by atoms with van der Waals surface area (Å²) in [5.74, 6) is -0.0556. The summed E-state index contributed by atoms with van der Waals surface area (Å²) in [6.45, 7) is -0.0381. The van der Waals surface area contributed by atoms with Crippen LogP contribution in [0.15, 0.2) is 52.0 Å². The zero-order chi connectivity index (χ0) is 15.8. The minimum Gasteiger partial charge on any atom is -0.467 e. The summed E-state index contributed by atoms with van der Waals surface area (Å²) in [5.41, 5.74) is 0. The lowest BCUT2D eigenvalue weighted by Crippen LogP contribution is -2.28. The number of esters is 1. The maximum absolute atomic E-state index is 11.6. The van der Waals surface area contributed by atoms with Crippen molar-refractivity contribution >= 4 is 35.2 Å². The highest BCUT2D eigenvalue weighted by molar-refractivity contribution is 8.00. The van der Waals surface area contributed by atoms with Crippen molar-refractivity contribution in [3.8, 4) is 0 Å². The lowest BCUT2D eigenvalue weighted by Gasteiger charge is -2.05. The normalized spacial score (nSPS) is 10.2. The van der Waals surface area contributed by atoms with Gasteiger partial charge in [-0.15, -0.1) is 11.8 Å². The van der Waals surface area contributed by atoms with Crippen LogP contribution in [0.25, 0.3) is 0 Å². The third-order valence-corrected chi connectivity index (χ3v) is 3.81. The molecule has 5 nitrogen and oxygen atoms in total. The van der Waals surface area contributed by atoms with Gasteiger partial charge in [0, 0.05) is 9.92 Å². The van der Waals surface area contributed by atoms with Crippen molar-refractivity contribution < 1.29 is 18.7 Å². The molecule has 1 N–H and O–H groups in total. The number of hydrogen-bond donors (Lipinski definition) is 1. The topological polar surface area (TPSA) is 68.5 Å². The number of rotatable bonds is 7. The molecule has 0 unspecified atom stereocenters. The zero-order valence-corrected chi connectivity index (χ0v) is 13.2. The van der Waals surface area contributed by atoms with Crippen LogP contribution in [-0.4, -0.2) is 24.2 Å². The molecule has 1 aromatic carbocycles. The van der Waals surface area contributed by atoms with E-state index in [1.807, 2.05) is 12.1 Å². The molecule has 0 aliphatic carbocycles. The SMILES string of the molecule is O=C(COC(=O)CSc1ccc(Cl)cc1)NCc1ccco1. The summed E-state index contributed by atoms with van der Waals surface area (Å²) < 4.78 is 9.96. The largest absolute Gasteiger partial charge is 0.467 e. The van der Waals surface area contributed by atoms with Crippen LogP contribution in [0.2, 0.25) is 5.02 Å². The molecule has 0 aliphatic heterocycles. The first-order valence-electron chi connectivity index (χ1n) is 6.46. The Hall–Kier alpha value is -1.92. The van der Waals surface area contributed by atoms with E-state index in [0.717, 1.165) is 4.90 Å². The van der Waals surface area contributed by atoms with Crippen LogP contribution < -0.4 is 5.32 Å². The Morgan fingerprint density at radius 2 is 2.00 bits per heavy atom. The molecule has 2 rings (SSSR count). The van der Waals surface area contributed by atoms with Gasteiger partial charge in [0.1, 0.15) is 5.76 Å². The molecule has 0 atom stereocenters. The highest BCUT2D eigenvalue weighted by Crippen LogP contribution is 2.20. The first-order chi connectivity index (χ1) is 10.6. The molecule has 2 aromatic rings. The van der Waals surface area contributed by atoms with Crippen LogP contribution in [0, 0.1) is 0 Å². The summed E-state index contributed by atoms with van der Waals surface area (Å²) in [4.78, 5) is 24.0. The van der Waals surface area contributed by atoms with Crippen molar-refractivity contribution in [2.45, 2.75) is 11.4 Å². The smallest absolute Gasteiger partial charge is 0.316 e. The van der Waals surface area contributed by atoms with Crippen molar-refractivity contribution in [3.63, 3.8) is 0 Å². The van der Waals surface area contributed by atoms with Crippen molar-refractivity contribution in [2.75, 3.05) is 12.4 Å². The van der Waals surface area contributed by atoms with Gasteiger partial charge in [-0.1, -0.05) is 11.6 Å². The first kappa shape index (κ1) is 16.5. The van der Waals surface area contributed by atoms with Gasteiger partial charge in [-0.3, -0.25) is 9.59 Å². The van der Waals surface area contributed by atoms with E-state index in [1.165, 1.54) is 18.0 Å². The van der Waals surface area contributed by atoms with Gasteiger partial charge in [0.2, 0.25) is 0 Å². The monoisotopic (exact) mass is 339 g/mol. The van der Waals surface area contributed by atoms with Crippen molar-refractivity contribution in [1.29, 1.82) is 0 Å². The Morgan fingerprint density at radius 1 is 1.23 bits per heavy atom. The Kier molecular flexibility index (Phi) is 6.36. The van der Waals surface area contributed by atoms with Crippen LogP contribution in [0.5, 0.6) is 0 Å². The Labute approximate surface area is 137 Å². The van der Waals surface area contributed by atoms with E-state index in [9.17, 15) is 9.59 Å². The predicted octanol–water partition coefficient (Wildman–Crippen LogP) is 2.88. The molecule has 0 saturated heterocycles. The lowest BCUT2D eigenvalue weighted by atomic mass is 10.4. The quantitative estimate of drug-likeness (QED) is 0.620. The van der Waals surface area contributed by atoms with Gasteiger partial charge < -0.3 is 14.5 Å². The number of hydrogen-bond acceptors (Lipinski definition) is 5. The van der Waals surface area contributed by atoms with Gasteiger partial charge in [-0.25, -0.2) is 0 Å². The van der Waals surface area contributed by atoms with Crippen molar-refractivity contribution in [1.82, 2.24) is 5.32 Å². The summed E-state index contributed by atoms with van der Waals surface area (Å²) in [5, 5.41) is 3.23. The van der Waals surface area contributed by atoms with Crippen LogP contribution in [0.1, 0.15) is 5.76 Å². The predicted molar refractivity (Wildman–Crippen MR) is 83.7 cm³/mol. The summed E-state index contributed by atoms with van der Waals surface area (Å²) in [6, 6.07) is 10.6.